The number of hydrogen-bond donors (Lipinski definition) is 2. The molecule has 3 aromatic rings. The SMILES string of the molecule is [B]c1ccccc1-c1c(CN)c(N)nc2c1c(=O)n(C)c(=O)n2C. The predicted octanol–water partition coefficient (Wildman–Crippen LogP) is -0.866. The van der Waals surface area contributed by atoms with Crippen LogP contribution in [0.2, 0.25) is 0 Å². The average Bonchev–Trinajstić information content (AvgIpc) is 2.57. The molecule has 0 spiro atoms. The lowest BCUT2D eigenvalue weighted by atomic mass is 9.84. The van der Waals surface area contributed by atoms with Gasteiger partial charge in [-0.3, -0.25) is 13.9 Å². The van der Waals surface area contributed by atoms with Gasteiger partial charge in [-0.05, 0) is 5.56 Å². The van der Waals surface area contributed by atoms with Crippen LogP contribution in [0.25, 0.3) is 22.2 Å². The molecular weight excluding hydrogens is 305 g/mol. The fourth-order valence-corrected chi connectivity index (χ4v) is 2.87. The molecule has 0 saturated carbocycles. The number of anilines is 1. The van der Waals surface area contributed by atoms with Crippen LogP contribution in [-0.4, -0.2) is 22.0 Å². The Balaban J connectivity index is 2.68. The summed E-state index contributed by atoms with van der Waals surface area (Å²) >= 11 is 0. The highest BCUT2D eigenvalue weighted by Gasteiger charge is 2.21. The first-order valence-electron chi connectivity index (χ1n) is 7.31. The van der Waals surface area contributed by atoms with Crippen molar-refractivity contribution in [2.24, 2.45) is 19.8 Å². The van der Waals surface area contributed by atoms with Crippen LogP contribution in [0.1, 0.15) is 5.56 Å². The van der Waals surface area contributed by atoms with Gasteiger partial charge in [0.15, 0.2) is 5.65 Å². The summed E-state index contributed by atoms with van der Waals surface area (Å²) in [4.78, 5) is 29.2. The fourth-order valence-electron chi connectivity index (χ4n) is 2.87. The topological polar surface area (TPSA) is 109 Å². The second kappa shape index (κ2) is 5.65. The molecule has 8 heteroatoms. The van der Waals surface area contributed by atoms with Gasteiger partial charge >= 0.3 is 5.69 Å². The average molecular weight is 321 g/mol. The van der Waals surface area contributed by atoms with E-state index >= 15 is 0 Å². The first-order valence-corrected chi connectivity index (χ1v) is 7.31. The summed E-state index contributed by atoms with van der Waals surface area (Å²) in [6.45, 7) is 0.0877. The lowest BCUT2D eigenvalue weighted by Gasteiger charge is -2.17. The summed E-state index contributed by atoms with van der Waals surface area (Å²) in [5, 5.41) is 0.271. The molecular formula is C16H16BN5O2. The van der Waals surface area contributed by atoms with E-state index in [1.165, 1.54) is 18.7 Å². The summed E-state index contributed by atoms with van der Waals surface area (Å²) in [5.41, 5.74) is 13.3. The lowest BCUT2D eigenvalue weighted by Crippen LogP contribution is -2.38. The number of nitrogens with two attached hydrogens (primary N) is 2. The summed E-state index contributed by atoms with van der Waals surface area (Å²) in [7, 11) is 9.05. The number of fused-ring (bicyclic) bond motifs is 1. The first-order chi connectivity index (χ1) is 11.4. The van der Waals surface area contributed by atoms with Crippen LogP contribution in [0.4, 0.5) is 5.82 Å². The molecule has 24 heavy (non-hydrogen) atoms. The standard InChI is InChI=1S/C16H16BN5O2/c1-21-14-12(15(23)22(2)16(21)24)11(9(7-18)13(19)20-14)8-5-3-4-6-10(8)17/h3-6H,7,18H2,1-2H3,(H2,19,20). The number of hydrogen-bond acceptors (Lipinski definition) is 5. The third-order valence-electron chi connectivity index (χ3n) is 4.16. The maximum atomic E-state index is 12.8. The summed E-state index contributed by atoms with van der Waals surface area (Å²) in [6, 6.07) is 7.11. The minimum absolute atomic E-state index is 0.0877. The zero-order valence-corrected chi connectivity index (χ0v) is 13.4. The maximum absolute atomic E-state index is 12.8. The highest BCUT2D eigenvalue weighted by Crippen LogP contribution is 2.30. The Bertz CT molecular complexity index is 1080. The predicted molar refractivity (Wildman–Crippen MR) is 95.4 cm³/mol. The molecule has 0 fully saturated rings. The van der Waals surface area contributed by atoms with Crippen LogP contribution in [-0.2, 0) is 20.6 Å². The van der Waals surface area contributed by atoms with Crippen LogP contribution in [0.15, 0.2) is 33.9 Å². The van der Waals surface area contributed by atoms with Gasteiger partial charge in [0.2, 0.25) is 0 Å². The Morgan fingerprint density at radius 2 is 1.83 bits per heavy atom. The highest BCUT2D eigenvalue weighted by molar-refractivity contribution is 6.36. The quantitative estimate of drug-likeness (QED) is 0.597. The van der Waals surface area contributed by atoms with Crippen molar-refractivity contribution in [3.8, 4) is 11.1 Å². The molecule has 0 amide bonds. The summed E-state index contributed by atoms with van der Waals surface area (Å²) in [6.07, 6.45) is 0. The van der Waals surface area contributed by atoms with Crippen molar-refractivity contribution in [3.05, 3.63) is 50.7 Å². The van der Waals surface area contributed by atoms with Gasteiger partial charge in [-0.25, -0.2) is 9.78 Å². The zero-order chi connectivity index (χ0) is 17.6. The van der Waals surface area contributed by atoms with E-state index in [4.69, 9.17) is 19.3 Å². The van der Waals surface area contributed by atoms with Gasteiger partial charge in [-0.2, -0.15) is 0 Å². The van der Waals surface area contributed by atoms with Crippen molar-refractivity contribution in [3.63, 3.8) is 0 Å². The Morgan fingerprint density at radius 1 is 1.17 bits per heavy atom. The van der Waals surface area contributed by atoms with E-state index in [2.05, 4.69) is 4.98 Å². The molecule has 0 saturated heterocycles. The smallest absolute Gasteiger partial charge is 0.332 e. The minimum atomic E-state index is -0.480. The van der Waals surface area contributed by atoms with Crippen molar-refractivity contribution >= 4 is 30.2 Å². The van der Waals surface area contributed by atoms with Gasteiger partial charge in [0.1, 0.15) is 13.7 Å². The maximum Gasteiger partial charge on any atom is 0.332 e. The second-order valence-electron chi connectivity index (χ2n) is 5.55. The van der Waals surface area contributed by atoms with Crippen molar-refractivity contribution in [1.29, 1.82) is 0 Å². The van der Waals surface area contributed by atoms with Gasteiger partial charge in [0, 0.05) is 31.8 Å². The molecule has 0 aliphatic carbocycles. The van der Waals surface area contributed by atoms with Crippen LogP contribution in [0.3, 0.4) is 0 Å². The van der Waals surface area contributed by atoms with E-state index in [9.17, 15) is 9.59 Å². The molecule has 120 valence electrons. The van der Waals surface area contributed by atoms with E-state index in [1.807, 2.05) is 0 Å². The molecule has 0 bridgehead atoms. The second-order valence-corrected chi connectivity index (χ2v) is 5.55. The van der Waals surface area contributed by atoms with Crippen molar-refractivity contribution in [2.45, 2.75) is 6.54 Å². The Labute approximate surface area is 138 Å². The van der Waals surface area contributed by atoms with E-state index in [-0.39, 0.29) is 23.4 Å². The number of rotatable bonds is 2. The molecule has 0 aliphatic heterocycles. The fraction of sp³-hybridized carbons (Fsp3) is 0.188. The molecule has 2 radical (unpaired) electrons. The van der Waals surface area contributed by atoms with Gasteiger partial charge in [0.25, 0.3) is 5.56 Å². The molecule has 0 unspecified atom stereocenters. The normalized spacial score (nSPS) is 11.1. The van der Waals surface area contributed by atoms with Gasteiger partial charge in [-0.15, -0.1) is 0 Å². The first kappa shape index (κ1) is 16.0. The Morgan fingerprint density at radius 3 is 2.46 bits per heavy atom. The van der Waals surface area contributed by atoms with E-state index in [0.29, 0.717) is 22.2 Å². The zero-order valence-electron chi connectivity index (χ0n) is 13.4. The third kappa shape index (κ3) is 2.15. The number of aromatic nitrogens is 3. The van der Waals surface area contributed by atoms with Gasteiger partial charge in [0.05, 0.1) is 5.39 Å². The number of nitrogen functional groups attached to an aromatic ring is 1. The molecule has 2 heterocycles. The minimum Gasteiger partial charge on any atom is -0.383 e. The van der Waals surface area contributed by atoms with E-state index in [1.54, 1.807) is 24.3 Å². The number of aryl methyl sites for hydroxylation is 1. The molecule has 2 aromatic heterocycles. The van der Waals surface area contributed by atoms with Crippen LogP contribution >= 0.6 is 0 Å². The molecule has 3 rings (SSSR count). The van der Waals surface area contributed by atoms with Gasteiger partial charge < -0.3 is 11.5 Å². The molecule has 0 aliphatic rings. The van der Waals surface area contributed by atoms with Crippen molar-refractivity contribution in [2.75, 3.05) is 5.73 Å². The summed E-state index contributed by atoms with van der Waals surface area (Å²) in [5.74, 6) is 0.173. The third-order valence-corrected chi connectivity index (χ3v) is 4.16. The van der Waals surface area contributed by atoms with Crippen LogP contribution in [0, 0.1) is 0 Å². The molecule has 0 atom stereocenters. The van der Waals surface area contributed by atoms with Gasteiger partial charge in [-0.1, -0.05) is 29.7 Å². The van der Waals surface area contributed by atoms with Crippen LogP contribution in [0.5, 0.6) is 0 Å². The largest absolute Gasteiger partial charge is 0.383 e. The highest BCUT2D eigenvalue weighted by atomic mass is 16.2. The van der Waals surface area contributed by atoms with Crippen molar-refractivity contribution in [1.82, 2.24) is 14.1 Å². The summed E-state index contributed by atoms with van der Waals surface area (Å²) < 4.78 is 2.32. The Hall–Kier alpha value is -2.87. The molecule has 4 N–H and O–H groups in total. The van der Waals surface area contributed by atoms with E-state index in [0.717, 1.165) is 4.57 Å². The molecule has 1 aromatic carbocycles. The molecule has 7 nitrogen and oxygen atoms in total. The van der Waals surface area contributed by atoms with Crippen molar-refractivity contribution < 1.29 is 0 Å². The lowest BCUT2D eigenvalue weighted by molar-refractivity contribution is 0.708. The number of pyridine rings is 1. The number of nitrogens with zero attached hydrogens (tertiary/aromatic N) is 3. The van der Waals surface area contributed by atoms with Crippen LogP contribution < -0.4 is 28.2 Å². The Kier molecular flexibility index (Phi) is 3.77. The number of benzene rings is 1. The monoisotopic (exact) mass is 321 g/mol. The van der Waals surface area contributed by atoms with E-state index < -0.39 is 11.2 Å².